The van der Waals surface area contributed by atoms with Crippen molar-refractivity contribution in [3.63, 3.8) is 0 Å². The van der Waals surface area contributed by atoms with Gasteiger partial charge in [-0.05, 0) is 36.9 Å². The highest BCUT2D eigenvalue weighted by molar-refractivity contribution is 7.08. The molecule has 9 heteroatoms. The summed E-state index contributed by atoms with van der Waals surface area (Å²) < 4.78 is 5.14. The maximum atomic E-state index is 11.9. The largest absolute Gasteiger partial charge is 0.376 e. The second kappa shape index (κ2) is 9.14. The van der Waals surface area contributed by atoms with Gasteiger partial charge < -0.3 is 9.84 Å². The van der Waals surface area contributed by atoms with Gasteiger partial charge in [0.1, 0.15) is 0 Å². The zero-order chi connectivity index (χ0) is 19.9. The highest BCUT2D eigenvalue weighted by Crippen LogP contribution is 2.19. The predicted octanol–water partition coefficient (Wildman–Crippen LogP) is 2.61. The molecule has 0 aliphatic carbocycles. The van der Waals surface area contributed by atoms with Crippen LogP contribution in [-0.4, -0.2) is 28.5 Å². The fourth-order valence-electron chi connectivity index (χ4n) is 2.52. The van der Waals surface area contributed by atoms with E-state index in [1.807, 2.05) is 48.9 Å². The van der Waals surface area contributed by atoms with Crippen molar-refractivity contribution >= 4 is 28.8 Å². The third-order valence-electron chi connectivity index (χ3n) is 3.98. The number of carbonyl (C=O) groups excluding carboxylic acids is 2. The van der Waals surface area contributed by atoms with Crippen LogP contribution in [0.2, 0.25) is 0 Å². The van der Waals surface area contributed by atoms with Crippen LogP contribution in [0.3, 0.4) is 0 Å². The van der Waals surface area contributed by atoms with E-state index in [-0.39, 0.29) is 24.8 Å². The second-order valence-electron chi connectivity index (χ2n) is 6.29. The smallest absolute Gasteiger partial charge is 0.257 e. The maximum absolute atomic E-state index is 11.9. The minimum Gasteiger partial charge on any atom is -0.376 e. The normalized spacial score (nSPS) is 10.5. The van der Waals surface area contributed by atoms with Gasteiger partial charge in [-0.3, -0.25) is 20.4 Å². The van der Waals surface area contributed by atoms with Crippen molar-refractivity contribution in [2.45, 2.75) is 26.7 Å². The summed E-state index contributed by atoms with van der Waals surface area (Å²) in [6.45, 7) is 4.03. The van der Waals surface area contributed by atoms with Crippen LogP contribution in [0.25, 0.3) is 11.4 Å². The number of hydrazine groups is 1. The number of anilines is 1. The van der Waals surface area contributed by atoms with Crippen LogP contribution in [-0.2, 0) is 16.0 Å². The van der Waals surface area contributed by atoms with Gasteiger partial charge in [-0.2, -0.15) is 16.3 Å². The van der Waals surface area contributed by atoms with E-state index in [1.165, 1.54) is 0 Å². The van der Waals surface area contributed by atoms with Crippen molar-refractivity contribution in [3.8, 4) is 11.4 Å². The molecule has 0 spiro atoms. The van der Waals surface area contributed by atoms with Crippen molar-refractivity contribution < 1.29 is 14.1 Å². The molecule has 2 aromatic heterocycles. The summed E-state index contributed by atoms with van der Waals surface area (Å²) in [4.78, 5) is 28.0. The van der Waals surface area contributed by atoms with Crippen LogP contribution in [0, 0.1) is 13.8 Å². The van der Waals surface area contributed by atoms with Crippen LogP contribution >= 0.6 is 11.3 Å². The van der Waals surface area contributed by atoms with E-state index in [0.717, 1.165) is 22.4 Å². The fraction of sp³-hybridized carbons (Fsp3) is 0.263. The van der Waals surface area contributed by atoms with Crippen LogP contribution in [0.15, 0.2) is 39.5 Å². The average Bonchev–Trinajstić information content (AvgIpc) is 3.35. The molecule has 146 valence electrons. The van der Waals surface area contributed by atoms with Gasteiger partial charge in [0.25, 0.3) is 5.91 Å². The number of aryl methyl sites for hydroxylation is 3. The summed E-state index contributed by atoms with van der Waals surface area (Å²) in [5, 5.41) is 10.8. The Balaban J connectivity index is 1.37. The Labute approximate surface area is 166 Å². The lowest BCUT2D eigenvalue weighted by molar-refractivity contribution is -0.128. The highest BCUT2D eigenvalue weighted by atomic mass is 32.1. The zero-order valence-corrected chi connectivity index (χ0v) is 16.4. The Bertz CT molecular complexity index is 952. The molecule has 3 aromatic rings. The number of hydrogen-bond acceptors (Lipinski definition) is 7. The second-order valence-corrected chi connectivity index (χ2v) is 7.07. The number of benzene rings is 1. The molecular weight excluding hydrogens is 378 g/mol. The first-order valence-electron chi connectivity index (χ1n) is 8.75. The molecule has 28 heavy (non-hydrogen) atoms. The Morgan fingerprint density at radius 2 is 1.96 bits per heavy atom. The van der Waals surface area contributed by atoms with Gasteiger partial charge >= 0.3 is 0 Å². The molecule has 0 fully saturated rings. The topological polar surface area (TPSA) is 109 Å². The van der Waals surface area contributed by atoms with E-state index in [9.17, 15) is 9.59 Å². The van der Waals surface area contributed by atoms with E-state index in [4.69, 9.17) is 4.52 Å². The summed E-state index contributed by atoms with van der Waals surface area (Å²) >= 11 is 1.54. The van der Waals surface area contributed by atoms with Gasteiger partial charge in [-0.1, -0.05) is 22.9 Å². The standard InChI is InChI=1S/C19H21N5O3S/c1-12-3-4-15(13(2)9-12)20-10-17(26)23-22-16(25)5-6-18-21-19(24-27-18)14-7-8-28-11-14/h3-4,7-9,11,20H,5-6,10H2,1-2H3,(H,22,25)(H,23,26). The number of carbonyl (C=O) groups is 2. The lowest BCUT2D eigenvalue weighted by atomic mass is 10.1. The van der Waals surface area contributed by atoms with E-state index in [1.54, 1.807) is 11.3 Å². The van der Waals surface area contributed by atoms with Gasteiger partial charge in [0.2, 0.25) is 17.6 Å². The Morgan fingerprint density at radius 1 is 1.14 bits per heavy atom. The van der Waals surface area contributed by atoms with Crippen molar-refractivity contribution in [1.29, 1.82) is 0 Å². The van der Waals surface area contributed by atoms with Crippen molar-refractivity contribution in [2.24, 2.45) is 0 Å². The predicted molar refractivity (Wildman–Crippen MR) is 107 cm³/mol. The molecule has 0 aliphatic heterocycles. The van der Waals surface area contributed by atoms with E-state index >= 15 is 0 Å². The molecule has 2 heterocycles. The van der Waals surface area contributed by atoms with Gasteiger partial charge in [0.05, 0.1) is 6.54 Å². The summed E-state index contributed by atoms with van der Waals surface area (Å²) in [6.07, 6.45) is 0.412. The molecule has 0 unspecified atom stereocenters. The zero-order valence-electron chi connectivity index (χ0n) is 15.6. The first kappa shape index (κ1) is 19.6. The number of thiophene rings is 1. The quantitative estimate of drug-likeness (QED) is 0.527. The van der Waals surface area contributed by atoms with Crippen LogP contribution < -0.4 is 16.2 Å². The molecule has 1 aromatic carbocycles. The summed E-state index contributed by atoms with van der Waals surface area (Å²) in [7, 11) is 0. The Morgan fingerprint density at radius 3 is 2.71 bits per heavy atom. The molecule has 3 N–H and O–H groups in total. The molecule has 0 radical (unpaired) electrons. The van der Waals surface area contributed by atoms with Crippen molar-refractivity contribution in [3.05, 3.63) is 52.0 Å². The van der Waals surface area contributed by atoms with Gasteiger partial charge in [0.15, 0.2) is 0 Å². The summed E-state index contributed by atoms with van der Waals surface area (Å²) in [6, 6.07) is 7.82. The molecule has 3 rings (SSSR count). The first-order chi connectivity index (χ1) is 13.5. The molecule has 0 saturated heterocycles. The first-order valence-corrected chi connectivity index (χ1v) is 9.69. The fourth-order valence-corrected chi connectivity index (χ4v) is 3.15. The average molecular weight is 399 g/mol. The van der Waals surface area contributed by atoms with Gasteiger partial charge in [0, 0.05) is 29.5 Å². The Hall–Kier alpha value is -3.20. The van der Waals surface area contributed by atoms with Crippen molar-refractivity contribution in [2.75, 3.05) is 11.9 Å². The molecule has 0 atom stereocenters. The number of nitrogens with zero attached hydrogens (tertiary/aromatic N) is 2. The van der Waals surface area contributed by atoms with E-state index < -0.39 is 0 Å². The maximum Gasteiger partial charge on any atom is 0.257 e. The van der Waals surface area contributed by atoms with E-state index in [2.05, 4.69) is 26.3 Å². The van der Waals surface area contributed by atoms with Crippen LogP contribution in [0.1, 0.15) is 23.4 Å². The monoisotopic (exact) mass is 399 g/mol. The minimum atomic E-state index is -0.342. The van der Waals surface area contributed by atoms with Crippen LogP contribution in [0.4, 0.5) is 5.69 Å². The number of aromatic nitrogens is 2. The third-order valence-corrected chi connectivity index (χ3v) is 4.66. The molecule has 0 bridgehead atoms. The van der Waals surface area contributed by atoms with Gasteiger partial charge in [-0.25, -0.2) is 0 Å². The lowest BCUT2D eigenvalue weighted by Gasteiger charge is -2.11. The highest BCUT2D eigenvalue weighted by Gasteiger charge is 2.11. The minimum absolute atomic E-state index is 0.0534. The molecule has 2 amide bonds. The van der Waals surface area contributed by atoms with Crippen molar-refractivity contribution in [1.82, 2.24) is 21.0 Å². The number of nitrogens with one attached hydrogen (secondary N) is 3. The molecule has 8 nitrogen and oxygen atoms in total. The number of hydrogen-bond donors (Lipinski definition) is 3. The SMILES string of the molecule is Cc1ccc(NCC(=O)NNC(=O)CCc2nc(-c3ccsc3)no2)c(C)c1. The molecular formula is C19H21N5O3S. The molecule has 0 aliphatic rings. The Kier molecular flexibility index (Phi) is 6.38. The number of rotatable bonds is 7. The summed E-state index contributed by atoms with van der Waals surface area (Å²) in [5.74, 6) is 0.197. The van der Waals surface area contributed by atoms with Crippen LogP contribution in [0.5, 0.6) is 0 Å². The number of amides is 2. The van der Waals surface area contributed by atoms with Gasteiger partial charge in [-0.15, -0.1) is 0 Å². The third kappa shape index (κ3) is 5.40. The summed E-state index contributed by atoms with van der Waals surface area (Å²) in [5.41, 5.74) is 8.73. The lowest BCUT2D eigenvalue weighted by Crippen LogP contribution is -2.44. The molecule has 0 saturated carbocycles. The van der Waals surface area contributed by atoms with E-state index in [0.29, 0.717) is 18.1 Å².